The Kier molecular flexibility index (Phi) is 7.07. The number of carbonyl (C=O) groups excluding carboxylic acids is 1. The van der Waals surface area contributed by atoms with Gasteiger partial charge in [-0.05, 0) is 6.42 Å². The number of hydrogen-bond acceptors (Lipinski definition) is 4. The fourth-order valence-corrected chi connectivity index (χ4v) is 2.46. The molecule has 1 aromatic rings. The molecule has 0 bridgehead atoms. The van der Waals surface area contributed by atoms with Crippen molar-refractivity contribution in [3.63, 3.8) is 0 Å². The van der Waals surface area contributed by atoms with Gasteiger partial charge in [-0.1, -0.05) is 38.3 Å². The second kappa shape index (κ2) is 8.55. The van der Waals surface area contributed by atoms with Crippen LogP contribution in [-0.4, -0.2) is 38.8 Å². The van der Waals surface area contributed by atoms with Crippen molar-refractivity contribution in [2.24, 2.45) is 0 Å². The smallest absolute Gasteiger partial charge is 0.426 e. The maximum Gasteiger partial charge on any atom is 0.464 e. The molecule has 120 valence electrons. The Morgan fingerprint density at radius 2 is 2.23 bits per heavy atom. The van der Waals surface area contributed by atoms with Crippen molar-refractivity contribution in [2.75, 3.05) is 0 Å². The predicted octanol–water partition coefficient (Wildman–Crippen LogP) is 1.97. The summed E-state index contributed by atoms with van der Waals surface area (Å²) >= 11 is 0. The molecule has 1 heterocycles. The van der Waals surface area contributed by atoms with Gasteiger partial charge in [0, 0.05) is 17.7 Å². The average Bonchev–Trinajstić information content (AvgIpc) is 3.04. The molecule has 7 heteroatoms. The third-order valence-corrected chi connectivity index (χ3v) is 3.91. The van der Waals surface area contributed by atoms with E-state index in [0.717, 1.165) is 19.3 Å². The maximum absolute atomic E-state index is 12.2. The summed E-state index contributed by atoms with van der Waals surface area (Å²) in [7, 11) is -1.65. The standard InChI is InChI=1S/C15H24BN3O3/c1-4-7-8-9-15(6-3,16(21)22)13(5-2)18-14(20)19-11-10-17-12-19/h5-6,10-13,21-22H,2-4,7-9H2,1H3,(H,18,20). The van der Waals surface area contributed by atoms with Gasteiger partial charge < -0.3 is 15.4 Å². The summed E-state index contributed by atoms with van der Waals surface area (Å²) in [6.07, 6.45) is 10.6. The normalized spacial score (nSPS) is 14.7. The van der Waals surface area contributed by atoms with Crippen molar-refractivity contribution >= 4 is 13.1 Å². The molecule has 0 aromatic carbocycles. The highest BCUT2D eigenvalue weighted by Gasteiger charge is 2.45. The molecule has 0 radical (unpaired) electrons. The number of nitrogens with zero attached hydrogens (tertiary/aromatic N) is 2. The number of unbranched alkanes of at least 4 members (excludes halogenated alkanes) is 2. The van der Waals surface area contributed by atoms with Crippen molar-refractivity contribution in [1.29, 1.82) is 0 Å². The summed E-state index contributed by atoms with van der Waals surface area (Å²) in [5.41, 5.74) is 0. The molecule has 1 rings (SSSR count). The largest absolute Gasteiger partial charge is 0.464 e. The first-order chi connectivity index (χ1) is 10.5. The molecule has 0 aliphatic carbocycles. The van der Waals surface area contributed by atoms with Gasteiger partial charge in [0.05, 0.1) is 6.04 Å². The van der Waals surface area contributed by atoms with E-state index in [0.29, 0.717) is 6.42 Å². The molecule has 1 aromatic heterocycles. The molecule has 22 heavy (non-hydrogen) atoms. The van der Waals surface area contributed by atoms with Crippen molar-refractivity contribution in [2.45, 2.75) is 44.0 Å². The first kappa shape index (κ1) is 18.2. The van der Waals surface area contributed by atoms with Crippen LogP contribution < -0.4 is 5.32 Å². The molecular weight excluding hydrogens is 281 g/mol. The number of carbonyl (C=O) groups is 1. The number of nitrogens with one attached hydrogen (secondary N) is 1. The SMILES string of the molecule is C=CC(NC(=O)n1ccnc1)C(C=C)(CCCCC)B(O)O. The van der Waals surface area contributed by atoms with Crippen LogP contribution in [0.15, 0.2) is 44.0 Å². The summed E-state index contributed by atoms with van der Waals surface area (Å²) < 4.78 is 1.28. The van der Waals surface area contributed by atoms with Gasteiger partial charge in [-0.3, -0.25) is 4.57 Å². The second-order valence-electron chi connectivity index (χ2n) is 5.28. The monoisotopic (exact) mass is 305 g/mol. The van der Waals surface area contributed by atoms with Crippen LogP contribution >= 0.6 is 0 Å². The zero-order valence-electron chi connectivity index (χ0n) is 13.0. The Balaban J connectivity index is 2.95. The van der Waals surface area contributed by atoms with Crippen LogP contribution in [0.3, 0.4) is 0 Å². The highest BCUT2D eigenvalue weighted by atomic mass is 16.4. The molecule has 3 N–H and O–H groups in total. The summed E-state index contributed by atoms with van der Waals surface area (Å²) in [6, 6.07) is -1.07. The summed E-state index contributed by atoms with van der Waals surface area (Å²) in [4.78, 5) is 16.0. The molecule has 0 aliphatic heterocycles. The number of aromatic nitrogens is 2. The fraction of sp³-hybridized carbons (Fsp3) is 0.467. The van der Waals surface area contributed by atoms with Gasteiger partial charge in [0.25, 0.3) is 0 Å². The molecular formula is C15H24BN3O3. The minimum atomic E-state index is -1.65. The lowest BCUT2D eigenvalue weighted by molar-refractivity contribution is 0.235. The van der Waals surface area contributed by atoms with Crippen molar-refractivity contribution in [3.8, 4) is 0 Å². The van der Waals surface area contributed by atoms with Gasteiger partial charge in [-0.2, -0.15) is 0 Å². The zero-order valence-corrected chi connectivity index (χ0v) is 13.0. The first-order valence-corrected chi connectivity index (χ1v) is 7.43. The lowest BCUT2D eigenvalue weighted by Gasteiger charge is -2.36. The Morgan fingerprint density at radius 1 is 1.50 bits per heavy atom. The van der Waals surface area contributed by atoms with Crippen LogP contribution in [-0.2, 0) is 0 Å². The van der Waals surface area contributed by atoms with Gasteiger partial charge in [0.15, 0.2) is 0 Å². The summed E-state index contributed by atoms with van der Waals surface area (Å²) in [5, 5.41) is 21.4. The van der Waals surface area contributed by atoms with Crippen LogP contribution in [0.2, 0.25) is 5.31 Å². The Bertz CT molecular complexity index is 490. The van der Waals surface area contributed by atoms with Gasteiger partial charge in [-0.15, -0.1) is 13.2 Å². The summed E-state index contributed by atoms with van der Waals surface area (Å²) in [5.74, 6) is 0. The highest BCUT2D eigenvalue weighted by molar-refractivity contribution is 6.47. The molecule has 0 saturated heterocycles. The molecule has 6 nitrogen and oxygen atoms in total. The lowest BCUT2D eigenvalue weighted by Crippen LogP contribution is -2.50. The quantitative estimate of drug-likeness (QED) is 0.370. The second-order valence-corrected chi connectivity index (χ2v) is 5.28. The van der Waals surface area contributed by atoms with Gasteiger partial charge in [0.1, 0.15) is 6.33 Å². The Hall–Kier alpha value is -1.86. The molecule has 2 atom stereocenters. The lowest BCUT2D eigenvalue weighted by atomic mass is 9.51. The van der Waals surface area contributed by atoms with E-state index in [4.69, 9.17) is 0 Å². The van der Waals surface area contributed by atoms with E-state index in [9.17, 15) is 14.8 Å². The third kappa shape index (κ3) is 4.08. The molecule has 0 aliphatic rings. The topological polar surface area (TPSA) is 87.4 Å². The molecule has 2 unspecified atom stereocenters. The number of imidazole rings is 1. The fourth-order valence-electron chi connectivity index (χ4n) is 2.46. The minimum absolute atomic E-state index is 0.412. The number of hydrogen-bond donors (Lipinski definition) is 3. The van der Waals surface area contributed by atoms with Crippen LogP contribution in [0.1, 0.15) is 32.6 Å². The summed E-state index contributed by atoms with van der Waals surface area (Å²) in [6.45, 7) is 9.51. The van der Waals surface area contributed by atoms with Gasteiger partial charge in [-0.25, -0.2) is 9.78 Å². The third-order valence-electron chi connectivity index (χ3n) is 3.91. The van der Waals surface area contributed by atoms with Crippen LogP contribution in [0.4, 0.5) is 4.79 Å². The van der Waals surface area contributed by atoms with E-state index >= 15 is 0 Å². The zero-order chi connectivity index (χ0) is 16.6. The van der Waals surface area contributed by atoms with Crippen LogP contribution in [0.5, 0.6) is 0 Å². The van der Waals surface area contributed by atoms with Crippen molar-refractivity contribution in [3.05, 3.63) is 44.0 Å². The average molecular weight is 305 g/mol. The number of rotatable bonds is 9. The van der Waals surface area contributed by atoms with Crippen LogP contribution in [0, 0.1) is 0 Å². The van der Waals surface area contributed by atoms with E-state index in [1.807, 2.05) is 0 Å². The van der Waals surface area contributed by atoms with E-state index in [1.54, 1.807) is 0 Å². The van der Waals surface area contributed by atoms with Gasteiger partial charge in [0.2, 0.25) is 0 Å². The van der Waals surface area contributed by atoms with Gasteiger partial charge >= 0.3 is 13.1 Å². The van der Waals surface area contributed by atoms with E-state index < -0.39 is 24.5 Å². The Morgan fingerprint density at radius 3 is 2.68 bits per heavy atom. The molecule has 1 amide bonds. The minimum Gasteiger partial charge on any atom is -0.426 e. The van der Waals surface area contributed by atoms with E-state index in [2.05, 4.69) is 30.4 Å². The first-order valence-electron chi connectivity index (χ1n) is 7.43. The van der Waals surface area contributed by atoms with Crippen LogP contribution in [0.25, 0.3) is 0 Å². The van der Waals surface area contributed by atoms with E-state index in [-0.39, 0.29) is 0 Å². The van der Waals surface area contributed by atoms with E-state index in [1.165, 1.54) is 35.4 Å². The van der Waals surface area contributed by atoms with Crippen molar-refractivity contribution in [1.82, 2.24) is 14.9 Å². The molecule has 0 spiro atoms. The number of amides is 1. The predicted molar refractivity (Wildman–Crippen MR) is 87.4 cm³/mol. The highest BCUT2D eigenvalue weighted by Crippen LogP contribution is 2.40. The maximum atomic E-state index is 12.2. The van der Waals surface area contributed by atoms with Crippen molar-refractivity contribution < 1.29 is 14.8 Å². The molecule has 0 saturated carbocycles. The molecule has 0 fully saturated rings. The Labute approximate surface area is 131 Å².